The third kappa shape index (κ3) is 3.15. The van der Waals surface area contributed by atoms with Gasteiger partial charge < -0.3 is 15.2 Å². The first-order valence-corrected chi connectivity index (χ1v) is 5.12. The molecule has 2 N–H and O–H groups in total. The van der Waals surface area contributed by atoms with Crippen molar-refractivity contribution < 1.29 is 14.3 Å². The Labute approximate surface area is 96.4 Å². The molecule has 1 aromatic rings. The lowest BCUT2D eigenvalue weighted by Crippen LogP contribution is -2.06. The van der Waals surface area contributed by atoms with E-state index in [0.717, 1.165) is 5.56 Å². The number of hydrogen-bond acceptors (Lipinski definition) is 4. The standard InChI is InChI=1S/C10H13NO3.C2H6/c1-6-4-8(11)7(10(12)14-3)5-9(6)13-2;1-2/h4-5H,11H2,1-3H3;1-2H3. The molecule has 16 heavy (non-hydrogen) atoms. The number of ether oxygens (including phenoxy) is 2. The van der Waals surface area contributed by atoms with Gasteiger partial charge in [-0.1, -0.05) is 13.8 Å². The van der Waals surface area contributed by atoms with Crippen LogP contribution in [0, 0.1) is 6.92 Å². The summed E-state index contributed by atoms with van der Waals surface area (Å²) in [7, 11) is 2.85. The van der Waals surface area contributed by atoms with E-state index >= 15 is 0 Å². The van der Waals surface area contributed by atoms with E-state index in [9.17, 15) is 4.79 Å². The van der Waals surface area contributed by atoms with Crippen molar-refractivity contribution in [3.63, 3.8) is 0 Å². The fraction of sp³-hybridized carbons (Fsp3) is 0.417. The van der Waals surface area contributed by atoms with Crippen LogP contribution in [-0.4, -0.2) is 20.2 Å². The van der Waals surface area contributed by atoms with E-state index < -0.39 is 5.97 Å². The summed E-state index contributed by atoms with van der Waals surface area (Å²) >= 11 is 0. The Balaban J connectivity index is 0.00000106. The van der Waals surface area contributed by atoms with Crippen molar-refractivity contribution in [2.24, 2.45) is 0 Å². The zero-order valence-corrected chi connectivity index (χ0v) is 10.5. The summed E-state index contributed by atoms with van der Waals surface area (Å²) in [4.78, 5) is 11.3. The van der Waals surface area contributed by atoms with Crippen molar-refractivity contribution in [2.45, 2.75) is 20.8 Å². The quantitative estimate of drug-likeness (QED) is 0.620. The van der Waals surface area contributed by atoms with Crippen molar-refractivity contribution in [2.75, 3.05) is 20.0 Å². The second-order valence-corrected chi connectivity index (χ2v) is 2.90. The molecule has 0 fully saturated rings. The minimum absolute atomic E-state index is 0.329. The third-order valence-corrected chi connectivity index (χ3v) is 1.97. The average molecular weight is 225 g/mol. The normalized spacial score (nSPS) is 8.81. The summed E-state index contributed by atoms with van der Waals surface area (Å²) < 4.78 is 9.65. The third-order valence-electron chi connectivity index (χ3n) is 1.97. The lowest BCUT2D eigenvalue weighted by molar-refractivity contribution is 0.0601. The van der Waals surface area contributed by atoms with Crippen LogP contribution in [0.3, 0.4) is 0 Å². The van der Waals surface area contributed by atoms with Crippen LogP contribution in [-0.2, 0) is 4.74 Å². The number of benzene rings is 1. The van der Waals surface area contributed by atoms with Crippen LogP contribution in [0.5, 0.6) is 5.75 Å². The fourth-order valence-corrected chi connectivity index (χ4v) is 1.22. The van der Waals surface area contributed by atoms with Gasteiger partial charge in [0, 0.05) is 5.69 Å². The van der Waals surface area contributed by atoms with E-state index in [1.807, 2.05) is 20.8 Å². The summed E-state index contributed by atoms with van der Waals surface area (Å²) in [5.41, 5.74) is 7.28. The molecule has 0 saturated carbocycles. The molecule has 1 aromatic carbocycles. The molecule has 1 rings (SSSR count). The Morgan fingerprint density at radius 1 is 1.25 bits per heavy atom. The maximum absolute atomic E-state index is 11.3. The summed E-state index contributed by atoms with van der Waals surface area (Å²) in [5, 5.41) is 0. The second-order valence-electron chi connectivity index (χ2n) is 2.90. The molecule has 90 valence electrons. The van der Waals surface area contributed by atoms with E-state index in [0.29, 0.717) is 17.0 Å². The zero-order valence-electron chi connectivity index (χ0n) is 10.5. The van der Waals surface area contributed by atoms with Crippen molar-refractivity contribution in [3.8, 4) is 5.75 Å². The molecular weight excluding hydrogens is 206 g/mol. The van der Waals surface area contributed by atoms with Crippen molar-refractivity contribution in [1.82, 2.24) is 0 Å². The monoisotopic (exact) mass is 225 g/mol. The van der Waals surface area contributed by atoms with Gasteiger partial charge in [-0.15, -0.1) is 0 Å². The number of anilines is 1. The van der Waals surface area contributed by atoms with Crippen molar-refractivity contribution in [3.05, 3.63) is 23.3 Å². The minimum Gasteiger partial charge on any atom is -0.496 e. The Bertz CT molecular complexity index is 362. The van der Waals surface area contributed by atoms with Crippen LogP contribution in [0.2, 0.25) is 0 Å². The first kappa shape index (κ1) is 14.3. The van der Waals surface area contributed by atoms with Crippen LogP contribution >= 0.6 is 0 Å². The molecule has 0 aliphatic rings. The predicted molar refractivity (Wildman–Crippen MR) is 64.8 cm³/mol. The Morgan fingerprint density at radius 2 is 1.81 bits per heavy atom. The maximum Gasteiger partial charge on any atom is 0.340 e. The molecule has 0 atom stereocenters. The smallest absolute Gasteiger partial charge is 0.340 e. The first-order valence-electron chi connectivity index (χ1n) is 5.12. The summed E-state index contributed by atoms with van der Waals surface area (Å²) in [6, 6.07) is 3.27. The highest BCUT2D eigenvalue weighted by Gasteiger charge is 2.12. The second kappa shape index (κ2) is 6.71. The first-order chi connectivity index (χ1) is 7.60. The van der Waals surface area contributed by atoms with E-state index in [-0.39, 0.29) is 0 Å². The van der Waals surface area contributed by atoms with Crippen LogP contribution in [0.4, 0.5) is 5.69 Å². The number of methoxy groups -OCH3 is 2. The number of esters is 1. The zero-order chi connectivity index (χ0) is 12.7. The lowest BCUT2D eigenvalue weighted by atomic mass is 10.1. The van der Waals surface area contributed by atoms with Crippen LogP contribution in [0.25, 0.3) is 0 Å². The molecule has 0 radical (unpaired) electrons. The van der Waals surface area contributed by atoms with E-state index in [2.05, 4.69) is 4.74 Å². The van der Waals surface area contributed by atoms with Gasteiger partial charge in [0.05, 0.1) is 19.8 Å². The van der Waals surface area contributed by atoms with E-state index in [1.54, 1.807) is 19.2 Å². The largest absolute Gasteiger partial charge is 0.496 e. The van der Waals surface area contributed by atoms with Crippen LogP contribution < -0.4 is 10.5 Å². The Morgan fingerprint density at radius 3 is 2.25 bits per heavy atom. The highest BCUT2D eigenvalue weighted by Crippen LogP contribution is 2.24. The number of carbonyl (C=O) groups excluding carboxylic acids is 1. The molecule has 0 bridgehead atoms. The molecule has 0 amide bonds. The maximum atomic E-state index is 11.3. The van der Waals surface area contributed by atoms with Crippen LogP contribution in [0.1, 0.15) is 29.8 Å². The number of rotatable bonds is 2. The minimum atomic E-state index is -0.458. The van der Waals surface area contributed by atoms with Gasteiger partial charge in [0.1, 0.15) is 5.75 Å². The van der Waals surface area contributed by atoms with Gasteiger partial charge >= 0.3 is 5.97 Å². The van der Waals surface area contributed by atoms with Gasteiger partial charge in [-0.25, -0.2) is 4.79 Å². The summed E-state index contributed by atoms with van der Waals surface area (Å²) in [6.45, 7) is 5.86. The number of carbonyl (C=O) groups is 1. The van der Waals surface area contributed by atoms with E-state index in [1.165, 1.54) is 7.11 Å². The predicted octanol–water partition coefficient (Wildman–Crippen LogP) is 2.40. The van der Waals surface area contributed by atoms with Crippen LogP contribution in [0.15, 0.2) is 12.1 Å². The molecule has 0 aromatic heterocycles. The van der Waals surface area contributed by atoms with Gasteiger partial charge in [-0.05, 0) is 24.6 Å². The number of hydrogen-bond donors (Lipinski definition) is 1. The molecule has 4 nitrogen and oxygen atoms in total. The van der Waals surface area contributed by atoms with Crippen molar-refractivity contribution in [1.29, 1.82) is 0 Å². The molecule has 0 aliphatic carbocycles. The number of nitrogens with two attached hydrogens (primary N) is 1. The van der Waals surface area contributed by atoms with Crippen molar-refractivity contribution >= 4 is 11.7 Å². The Hall–Kier alpha value is -1.71. The molecular formula is C12H19NO3. The number of nitrogen functional groups attached to an aromatic ring is 1. The highest BCUT2D eigenvalue weighted by atomic mass is 16.5. The molecule has 0 heterocycles. The SMILES string of the molecule is CC.COC(=O)c1cc(OC)c(C)cc1N. The van der Waals surface area contributed by atoms with Gasteiger partial charge in [0.2, 0.25) is 0 Å². The van der Waals surface area contributed by atoms with Gasteiger partial charge in [-0.3, -0.25) is 0 Å². The summed E-state index contributed by atoms with van der Waals surface area (Å²) in [5.74, 6) is 0.167. The van der Waals surface area contributed by atoms with Gasteiger partial charge in [0.25, 0.3) is 0 Å². The molecule has 0 unspecified atom stereocenters. The van der Waals surface area contributed by atoms with E-state index in [4.69, 9.17) is 10.5 Å². The molecule has 4 heteroatoms. The van der Waals surface area contributed by atoms with Gasteiger partial charge in [0.15, 0.2) is 0 Å². The lowest BCUT2D eigenvalue weighted by Gasteiger charge is -2.09. The van der Waals surface area contributed by atoms with Gasteiger partial charge in [-0.2, -0.15) is 0 Å². The Kier molecular flexibility index (Phi) is 6.00. The molecule has 0 aliphatic heterocycles. The fourth-order valence-electron chi connectivity index (χ4n) is 1.22. The topological polar surface area (TPSA) is 61.5 Å². The number of aryl methyl sites for hydroxylation is 1. The molecule has 0 saturated heterocycles. The average Bonchev–Trinajstić information content (AvgIpc) is 2.31. The summed E-state index contributed by atoms with van der Waals surface area (Å²) in [6.07, 6.45) is 0. The highest BCUT2D eigenvalue weighted by molar-refractivity contribution is 5.95. The molecule has 0 spiro atoms.